The Morgan fingerprint density at radius 3 is 2.71 bits per heavy atom. The van der Waals surface area contributed by atoms with Gasteiger partial charge >= 0.3 is 12.1 Å². The average molecular weight is 464 g/mol. The van der Waals surface area contributed by atoms with E-state index in [1.807, 2.05) is 6.92 Å². The molecule has 0 unspecified atom stereocenters. The van der Waals surface area contributed by atoms with Crippen LogP contribution in [-0.4, -0.2) is 33.4 Å². The zero-order valence-electron chi connectivity index (χ0n) is 19.1. The van der Waals surface area contributed by atoms with Gasteiger partial charge in [-0.1, -0.05) is 13.8 Å². The Morgan fingerprint density at radius 1 is 1.21 bits per heavy atom. The van der Waals surface area contributed by atoms with Crippen LogP contribution in [0.15, 0.2) is 29.1 Å². The number of aromatic nitrogens is 2. The van der Waals surface area contributed by atoms with Crippen molar-refractivity contribution in [1.29, 1.82) is 0 Å². The Kier molecular flexibility index (Phi) is 5.07. The number of carbonyl (C=O) groups is 2. The first-order valence-corrected chi connectivity index (χ1v) is 11.3. The summed E-state index contributed by atoms with van der Waals surface area (Å²) in [5.74, 6) is -0.596. The van der Waals surface area contributed by atoms with Crippen LogP contribution in [0.5, 0.6) is 5.75 Å². The fraction of sp³-hybridized carbons (Fsp3) is 0.360. The van der Waals surface area contributed by atoms with E-state index in [-0.39, 0.29) is 36.5 Å². The van der Waals surface area contributed by atoms with E-state index in [9.17, 15) is 19.5 Å². The number of fused-ring (bicyclic) bond motifs is 5. The summed E-state index contributed by atoms with van der Waals surface area (Å²) in [6.07, 6.45) is -0.259. The van der Waals surface area contributed by atoms with Crippen molar-refractivity contribution in [3.63, 3.8) is 0 Å². The van der Waals surface area contributed by atoms with Gasteiger partial charge in [0.1, 0.15) is 12.4 Å². The molecule has 9 nitrogen and oxygen atoms in total. The van der Waals surface area contributed by atoms with E-state index in [2.05, 4.69) is 0 Å². The van der Waals surface area contributed by atoms with Gasteiger partial charge in [-0.3, -0.25) is 4.79 Å². The van der Waals surface area contributed by atoms with E-state index in [4.69, 9.17) is 19.2 Å². The third-order valence-corrected chi connectivity index (χ3v) is 6.63. The van der Waals surface area contributed by atoms with Crippen molar-refractivity contribution in [2.24, 2.45) is 0 Å². The minimum atomic E-state index is -1.78. The lowest BCUT2D eigenvalue weighted by atomic mass is 9.85. The number of hydrogen-bond donors (Lipinski definition) is 1. The molecule has 1 aromatic carbocycles. The summed E-state index contributed by atoms with van der Waals surface area (Å²) in [7, 11) is 0. The zero-order chi connectivity index (χ0) is 24.2. The number of pyridine rings is 2. The van der Waals surface area contributed by atoms with E-state index in [0.717, 1.165) is 16.5 Å². The fourth-order valence-corrected chi connectivity index (χ4v) is 5.00. The first-order valence-electron chi connectivity index (χ1n) is 11.3. The lowest BCUT2D eigenvalue weighted by Gasteiger charge is -2.35. The maximum Gasteiger partial charge on any atom is 0.509 e. The molecule has 3 aromatic rings. The molecule has 2 aliphatic heterocycles. The van der Waals surface area contributed by atoms with Gasteiger partial charge in [0.05, 0.1) is 35.6 Å². The van der Waals surface area contributed by atoms with E-state index < -0.39 is 17.7 Å². The summed E-state index contributed by atoms with van der Waals surface area (Å²) in [4.78, 5) is 43.5. The second kappa shape index (κ2) is 7.86. The molecule has 0 amide bonds. The number of hydrogen-bond acceptors (Lipinski definition) is 8. The third-order valence-electron chi connectivity index (χ3n) is 6.63. The van der Waals surface area contributed by atoms with Gasteiger partial charge in [0.25, 0.3) is 5.56 Å². The molecule has 0 bridgehead atoms. The van der Waals surface area contributed by atoms with Crippen molar-refractivity contribution >= 4 is 23.0 Å². The molecule has 176 valence electrons. The Bertz CT molecular complexity index is 1430. The van der Waals surface area contributed by atoms with Gasteiger partial charge in [-0.2, -0.15) is 0 Å². The minimum Gasteiger partial charge on any atom is -0.508 e. The molecule has 0 spiro atoms. The monoisotopic (exact) mass is 464 g/mol. The number of benzene rings is 1. The summed E-state index contributed by atoms with van der Waals surface area (Å²) in [6, 6.07) is 6.70. The predicted molar refractivity (Wildman–Crippen MR) is 121 cm³/mol. The van der Waals surface area contributed by atoms with Crippen LogP contribution >= 0.6 is 0 Å². The molecular formula is C25H24N2O7. The molecule has 0 saturated carbocycles. The number of cyclic esters (lactones) is 1. The van der Waals surface area contributed by atoms with E-state index in [1.165, 1.54) is 0 Å². The molecule has 1 N–H and O–H groups in total. The van der Waals surface area contributed by atoms with Gasteiger partial charge in [-0.25, -0.2) is 14.6 Å². The highest BCUT2D eigenvalue weighted by molar-refractivity contribution is 5.90. The standard InChI is InChI=1S/C25H24N2O7/c1-4-14-15-9-13(28)7-8-19(15)26-21-16(14)11-27-20(21)10-18-17(22(27)29)12-33-23(30)25(18,5-2)34-24(31)32-6-3/h7-10,28H,4-6,11-12H2,1-3H3/t25-/m0/s1. The summed E-state index contributed by atoms with van der Waals surface area (Å²) >= 11 is 0. The van der Waals surface area contributed by atoms with Crippen LogP contribution in [0.25, 0.3) is 22.3 Å². The summed E-state index contributed by atoms with van der Waals surface area (Å²) in [5, 5.41) is 10.8. The van der Waals surface area contributed by atoms with Crippen molar-refractivity contribution in [3.8, 4) is 17.1 Å². The van der Waals surface area contributed by atoms with Gasteiger partial charge < -0.3 is 23.9 Å². The predicted octanol–water partition coefficient (Wildman–Crippen LogP) is 3.53. The summed E-state index contributed by atoms with van der Waals surface area (Å²) in [5.41, 5.74) is 2.21. The molecule has 5 rings (SSSR count). The van der Waals surface area contributed by atoms with Crippen LogP contribution < -0.4 is 5.56 Å². The van der Waals surface area contributed by atoms with Gasteiger partial charge in [0.15, 0.2) is 0 Å². The van der Waals surface area contributed by atoms with Crippen molar-refractivity contribution in [1.82, 2.24) is 9.55 Å². The molecule has 34 heavy (non-hydrogen) atoms. The van der Waals surface area contributed by atoms with Gasteiger partial charge in [-0.05, 0) is 49.6 Å². The first kappa shape index (κ1) is 21.9. The summed E-state index contributed by atoms with van der Waals surface area (Å²) in [6.45, 7) is 5.50. The number of ether oxygens (including phenoxy) is 3. The van der Waals surface area contributed by atoms with Gasteiger partial charge in [0.2, 0.25) is 5.60 Å². The zero-order valence-corrected chi connectivity index (χ0v) is 19.1. The van der Waals surface area contributed by atoms with Crippen molar-refractivity contribution < 1.29 is 28.9 Å². The number of rotatable bonds is 4. The number of esters is 1. The number of nitrogens with zero attached hydrogens (tertiary/aromatic N) is 2. The van der Waals surface area contributed by atoms with Crippen molar-refractivity contribution in [2.45, 2.75) is 52.4 Å². The SMILES string of the molecule is CCOC(=O)O[C@]1(CC)C(=O)OCc2c1cc1n(c2=O)Cc2c-1nc1ccc(O)cc1c2CC. The Balaban J connectivity index is 1.76. The normalized spacial score (nSPS) is 18.1. The van der Waals surface area contributed by atoms with Gasteiger partial charge in [0, 0.05) is 16.5 Å². The largest absolute Gasteiger partial charge is 0.509 e. The van der Waals surface area contributed by atoms with Crippen LogP contribution in [0.2, 0.25) is 0 Å². The molecule has 0 radical (unpaired) electrons. The quantitative estimate of drug-likeness (QED) is 0.456. The molecule has 2 aromatic heterocycles. The topological polar surface area (TPSA) is 117 Å². The third kappa shape index (κ3) is 2.99. The minimum absolute atomic E-state index is 0.0675. The lowest BCUT2D eigenvalue weighted by Crippen LogP contribution is -2.47. The van der Waals surface area contributed by atoms with Crippen LogP contribution in [0.1, 0.15) is 49.4 Å². The van der Waals surface area contributed by atoms with Crippen LogP contribution in [0.4, 0.5) is 4.79 Å². The number of phenols is 1. The van der Waals surface area contributed by atoms with Crippen LogP contribution in [0, 0.1) is 0 Å². The second-order valence-corrected chi connectivity index (χ2v) is 8.33. The Morgan fingerprint density at radius 2 is 2.00 bits per heavy atom. The van der Waals surface area contributed by atoms with E-state index in [1.54, 1.807) is 42.7 Å². The number of aryl methyl sites for hydroxylation is 1. The number of carbonyl (C=O) groups excluding carboxylic acids is 2. The van der Waals surface area contributed by atoms with E-state index in [0.29, 0.717) is 35.4 Å². The molecule has 0 fully saturated rings. The number of phenolic OH excluding ortho intramolecular Hbond substituents is 1. The van der Waals surface area contributed by atoms with Crippen molar-refractivity contribution in [3.05, 3.63) is 56.9 Å². The maximum absolute atomic E-state index is 13.6. The Labute approximate surface area is 194 Å². The molecule has 0 aliphatic carbocycles. The molecule has 9 heteroatoms. The summed E-state index contributed by atoms with van der Waals surface area (Å²) < 4.78 is 17.3. The van der Waals surface area contributed by atoms with E-state index >= 15 is 0 Å². The highest BCUT2D eigenvalue weighted by atomic mass is 16.7. The maximum atomic E-state index is 13.6. The highest BCUT2D eigenvalue weighted by Crippen LogP contribution is 2.42. The average Bonchev–Trinajstić information content (AvgIpc) is 3.18. The smallest absolute Gasteiger partial charge is 0.508 e. The van der Waals surface area contributed by atoms with Gasteiger partial charge in [-0.15, -0.1) is 0 Å². The van der Waals surface area contributed by atoms with Crippen molar-refractivity contribution in [2.75, 3.05) is 6.61 Å². The molecule has 4 heterocycles. The molecule has 1 atom stereocenters. The number of aromatic hydroxyl groups is 1. The fourth-order valence-electron chi connectivity index (χ4n) is 5.00. The van der Waals surface area contributed by atoms with Crippen LogP contribution in [0.3, 0.4) is 0 Å². The first-order chi connectivity index (χ1) is 16.3. The lowest BCUT2D eigenvalue weighted by molar-refractivity contribution is -0.175. The molecule has 2 aliphatic rings. The highest BCUT2D eigenvalue weighted by Gasteiger charge is 2.51. The molecule has 0 saturated heterocycles. The Hall–Kier alpha value is -3.88. The van der Waals surface area contributed by atoms with Crippen LogP contribution in [-0.2, 0) is 44.2 Å². The second-order valence-electron chi connectivity index (χ2n) is 8.33. The molecular weight excluding hydrogens is 440 g/mol.